The minimum Gasteiger partial charge on any atom is -0.491 e. The van der Waals surface area contributed by atoms with E-state index in [1.165, 1.54) is 4.57 Å². The fraction of sp³-hybridized carbons (Fsp3) is 0.360. The predicted octanol–water partition coefficient (Wildman–Crippen LogP) is 2.65. The Bertz CT molecular complexity index is 1420. The highest BCUT2D eigenvalue weighted by atomic mass is 35.5. The van der Waals surface area contributed by atoms with Gasteiger partial charge in [-0.05, 0) is 68.7 Å². The average molecular weight is 498 g/mol. The number of ether oxygens (including phenoxy) is 1. The molecule has 1 aromatic heterocycles. The number of benzene rings is 2. The van der Waals surface area contributed by atoms with Crippen LogP contribution in [0.5, 0.6) is 5.75 Å². The SMILES string of the molecule is Cc1cc(/N=c2\[nH]c(=O)n(C[C@@H]3CCC(=O)N3)c(=O)n2Cc2ccc(Cl)cc2)ccc1OC(C)C. The molecule has 2 N–H and O–H groups in total. The summed E-state index contributed by atoms with van der Waals surface area (Å²) in [6, 6.07) is 12.3. The Morgan fingerprint density at radius 1 is 1.11 bits per heavy atom. The van der Waals surface area contributed by atoms with Crippen molar-refractivity contribution in [3.05, 3.63) is 85.2 Å². The molecule has 9 nitrogen and oxygen atoms in total. The summed E-state index contributed by atoms with van der Waals surface area (Å²) in [6.45, 7) is 6.08. The topological polar surface area (TPSA) is 110 Å². The first kappa shape index (κ1) is 24.5. The van der Waals surface area contributed by atoms with Crippen molar-refractivity contribution in [2.45, 2.75) is 58.8 Å². The van der Waals surface area contributed by atoms with Crippen molar-refractivity contribution in [1.29, 1.82) is 0 Å². The van der Waals surface area contributed by atoms with Crippen molar-refractivity contribution < 1.29 is 9.53 Å². The Morgan fingerprint density at radius 2 is 1.86 bits per heavy atom. The molecule has 1 saturated heterocycles. The number of nitrogens with zero attached hydrogens (tertiary/aromatic N) is 3. The monoisotopic (exact) mass is 497 g/mol. The zero-order valence-corrected chi connectivity index (χ0v) is 20.6. The van der Waals surface area contributed by atoms with Gasteiger partial charge in [0.2, 0.25) is 11.5 Å². The largest absolute Gasteiger partial charge is 0.491 e. The quantitative estimate of drug-likeness (QED) is 0.522. The van der Waals surface area contributed by atoms with Crippen LogP contribution in [0, 0.1) is 6.92 Å². The van der Waals surface area contributed by atoms with Gasteiger partial charge in [0.15, 0.2) is 0 Å². The number of amides is 1. The molecular weight excluding hydrogens is 470 g/mol. The van der Waals surface area contributed by atoms with Crippen molar-refractivity contribution in [2.75, 3.05) is 0 Å². The van der Waals surface area contributed by atoms with Crippen LogP contribution in [0.2, 0.25) is 5.02 Å². The minimum absolute atomic E-state index is 0.0339. The highest BCUT2D eigenvalue weighted by Gasteiger charge is 2.23. The van der Waals surface area contributed by atoms with Crippen LogP contribution in [-0.2, 0) is 17.9 Å². The first-order valence-electron chi connectivity index (χ1n) is 11.5. The molecule has 1 aliphatic rings. The van der Waals surface area contributed by atoms with E-state index in [0.717, 1.165) is 21.4 Å². The molecule has 4 rings (SSSR count). The lowest BCUT2D eigenvalue weighted by molar-refractivity contribution is -0.119. The van der Waals surface area contributed by atoms with Gasteiger partial charge in [0.05, 0.1) is 24.9 Å². The number of aromatic amines is 1. The summed E-state index contributed by atoms with van der Waals surface area (Å²) >= 11 is 6.01. The van der Waals surface area contributed by atoms with E-state index in [4.69, 9.17) is 16.3 Å². The summed E-state index contributed by atoms with van der Waals surface area (Å²) in [4.78, 5) is 45.3. The summed E-state index contributed by atoms with van der Waals surface area (Å²) in [7, 11) is 0. The van der Waals surface area contributed by atoms with Crippen molar-refractivity contribution >= 4 is 23.2 Å². The van der Waals surface area contributed by atoms with E-state index in [-0.39, 0.29) is 36.8 Å². The smallest absolute Gasteiger partial charge is 0.335 e. The maximum absolute atomic E-state index is 13.5. The summed E-state index contributed by atoms with van der Waals surface area (Å²) in [6.07, 6.45) is 0.982. The highest BCUT2D eigenvalue weighted by Crippen LogP contribution is 2.24. The van der Waals surface area contributed by atoms with Gasteiger partial charge in [-0.1, -0.05) is 23.7 Å². The molecule has 0 radical (unpaired) electrons. The van der Waals surface area contributed by atoms with Crippen LogP contribution in [0.15, 0.2) is 57.0 Å². The molecule has 1 fully saturated rings. The van der Waals surface area contributed by atoms with Gasteiger partial charge in [-0.2, -0.15) is 0 Å². The van der Waals surface area contributed by atoms with Crippen LogP contribution in [0.4, 0.5) is 5.69 Å². The molecule has 0 saturated carbocycles. The number of nitrogens with one attached hydrogen (secondary N) is 2. The molecule has 0 bridgehead atoms. The van der Waals surface area contributed by atoms with Crippen LogP contribution in [-0.4, -0.2) is 32.2 Å². The molecule has 35 heavy (non-hydrogen) atoms. The third-order valence-electron chi connectivity index (χ3n) is 5.68. The molecule has 1 amide bonds. The Morgan fingerprint density at radius 3 is 2.49 bits per heavy atom. The van der Waals surface area contributed by atoms with Crippen molar-refractivity contribution in [2.24, 2.45) is 4.99 Å². The number of carbonyl (C=O) groups excluding carboxylic acids is 1. The van der Waals surface area contributed by atoms with E-state index >= 15 is 0 Å². The van der Waals surface area contributed by atoms with Crippen LogP contribution in [0.25, 0.3) is 0 Å². The van der Waals surface area contributed by atoms with Gasteiger partial charge >= 0.3 is 11.4 Å². The minimum atomic E-state index is -0.585. The molecule has 0 spiro atoms. The summed E-state index contributed by atoms with van der Waals surface area (Å²) in [5, 5.41) is 3.38. The Labute approximate surface area is 207 Å². The standard InChI is InChI=1S/C25H28ClN5O4/c1-15(2)35-21-10-8-19(12-16(21)3)28-23-29-24(33)31(14-20-9-11-22(32)27-20)25(34)30(23)13-17-4-6-18(26)7-5-17/h4-8,10,12,15,20H,9,11,13-14H2,1-3H3,(H,27,32)(H,28,29,33)/t20-/m0/s1. The number of hydrogen-bond acceptors (Lipinski definition) is 5. The number of hydrogen-bond donors (Lipinski definition) is 2. The molecule has 1 atom stereocenters. The number of halogens is 1. The Balaban J connectivity index is 1.80. The molecule has 184 valence electrons. The van der Waals surface area contributed by atoms with E-state index in [9.17, 15) is 14.4 Å². The predicted molar refractivity (Wildman–Crippen MR) is 133 cm³/mol. The maximum Gasteiger partial charge on any atom is 0.335 e. The highest BCUT2D eigenvalue weighted by molar-refractivity contribution is 6.30. The summed E-state index contributed by atoms with van der Waals surface area (Å²) < 4.78 is 8.31. The van der Waals surface area contributed by atoms with E-state index < -0.39 is 11.4 Å². The van der Waals surface area contributed by atoms with Crippen LogP contribution < -0.4 is 27.1 Å². The van der Waals surface area contributed by atoms with Crippen molar-refractivity contribution in [1.82, 2.24) is 19.4 Å². The second kappa shape index (κ2) is 10.4. The van der Waals surface area contributed by atoms with E-state index in [1.807, 2.05) is 45.0 Å². The summed E-state index contributed by atoms with van der Waals surface area (Å²) in [5.74, 6) is 0.663. The van der Waals surface area contributed by atoms with Crippen molar-refractivity contribution in [3.63, 3.8) is 0 Å². The normalized spacial score (nSPS) is 16.1. The first-order chi connectivity index (χ1) is 16.7. The average Bonchev–Trinajstić information content (AvgIpc) is 3.21. The fourth-order valence-corrected chi connectivity index (χ4v) is 4.09. The third-order valence-corrected chi connectivity index (χ3v) is 5.93. The van der Waals surface area contributed by atoms with Crippen molar-refractivity contribution in [3.8, 4) is 5.75 Å². The number of rotatable bonds is 7. The number of carbonyl (C=O) groups is 1. The lowest BCUT2D eigenvalue weighted by Crippen LogP contribution is -2.52. The number of aryl methyl sites for hydroxylation is 1. The third kappa shape index (κ3) is 5.92. The van der Waals surface area contributed by atoms with Gasteiger partial charge in [0, 0.05) is 17.5 Å². The maximum atomic E-state index is 13.5. The van der Waals surface area contributed by atoms with Gasteiger partial charge < -0.3 is 10.1 Å². The molecule has 2 aromatic carbocycles. The van der Waals surface area contributed by atoms with Crippen LogP contribution >= 0.6 is 11.6 Å². The zero-order chi connectivity index (χ0) is 25.1. The van der Waals surface area contributed by atoms with Crippen LogP contribution in [0.1, 0.15) is 37.8 Å². The lowest BCUT2D eigenvalue weighted by Gasteiger charge is -2.15. The molecule has 0 unspecified atom stereocenters. The van der Waals surface area contributed by atoms with Gasteiger partial charge in [-0.3, -0.25) is 14.3 Å². The second-order valence-corrected chi connectivity index (χ2v) is 9.33. The van der Waals surface area contributed by atoms with Gasteiger partial charge in [-0.15, -0.1) is 0 Å². The number of H-pyrrole nitrogens is 1. The van der Waals surface area contributed by atoms with Crippen LogP contribution in [0.3, 0.4) is 0 Å². The zero-order valence-electron chi connectivity index (χ0n) is 19.9. The first-order valence-corrected chi connectivity index (χ1v) is 11.9. The molecular formula is C25H28ClN5O4. The summed E-state index contributed by atoms with van der Waals surface area (Å²) in [5.41, 5.74) is 1.30. The van der Waals surface area contributed by atoms with Gasteiger partial charge in [0.1, 0.15) is 5.75 Å². The van der Waals surface area contributed by atoms with E-state index in [2.05, 4.69) is 15.3 Å². The second-order valence-electron chi connectivity index (χ2n) is 8.89. The van der Waals surface area contributed by atoms with E-state index in [1.54, 1.807) is 18.2 Å². The Hall–Kier alpha value is -3.59. The fourth-order valence-electron chi connectivity index (χ4n) is 3.96. The van der Waals surface area contributed by atoms with Gasteiger partial charge in [-0.25, -0.2) is 19.1 Å². The molecule has 2 heterocycles. The molecule has 10 heteroatoms. The lowest BCUT2D eigenvalue weighted by atomic mass is 10.2. The Kier molecular flexibility index (Phi) is 7.25. The van der Waals surface area contributed by atoms with Gasteiger partial charge in [0.25, 0.3) is 0 Å². The molecule has 0 aliphatic carbocycles. The molecule has 1 aliphatic heterocycles. The number of aromatic nitrogens is 3. The molecule has 3 aromatic rings. The van der Waals surface area contributed by atoms with E-state index in [0.29, 0.717) is 23.6 Å².